The molecule has 0 bridgehead atoms. The largest absolute Gasteiger partial charge is 0.508 e. The Morgan fingerprint density at radius 1 is 0.833 bits per heavy atom. The summed E-state index contributed by atoms with van der Waals surface area (Å²) in [5.74, 6) is 1.25. The molecule has 2 atom stereocenters. The number of aromatic hydroxyl groups is 1. The Hall–Kier alpha value is -4.06. The van der Waals surface area contributed by atoms with Crippen molar-refractivity contribution in [1.82, 2.24) is 5.09 Å². The molecule has 0 unspecified atom stereocenters. The minimum atomic E-state index is -3.83. The van der Waals surface area contributed by atoms with Crippen LogP contribution in [-0.2, 0) is 26.9 Å². The van der Waals surface area contributed by atoms with Crippen molar-refractivity contribution in [3.05, 3.63) is 124 Å². The van der Waals surface area contributed by atoms with Gasteiger partial charge in [-0.05, 0) is 102 Å². The maximum absolute atomic E-state index is 14.6. The van der Waals surface area contributed by atoms with Gasteiger partial charge in [-0.15, -0.1) is 0 Å². The van der Waals surface area contributed by atoms with Crippen LogP contribution in [0.25, 0.3) is 0 Å². The predicted molar refractivity (Wildman–Crippen MR) is 193 cm³/mol. The second-order valence-corrected chi connectivity index (χ2v) is 14.8. The summed E-state index contributed by atoms with van der Waals surface area (Å²) in [6.45, 7) is 12.6. The average molecular weight is 672 g/mol. The van der Waals surface area contributed by atoms with E-state index >= 15 is 0 Å². The first-order valence-corrected chi connectivity index (χ1v) is 18.7. The molecule has 0 saturated carbocycles. The molecule has 48 heavy (non-hydrogen) atoms. The number of ether oxygens (including phenoxy) is 2. The van der Waals surface area contributed by atoms with Gasteiger partial charge in [0.25, 0.3) is 0 Å². The van der Waals surface area contributed by atoms with E-state index < -0.39 is 19.5 Å². The monoisotopic (exact) mass is 671 g/mol. The first-order valence-electron chi connectivity index (χ1n) is 16.9. The van der Waals surface area contributed by atoms with Crippen molar-refractivity contribution < 1.29 is 28.5 Å². The van der Waals surface area contributed by atoms with Crippen molar-refractivity contribution in [3.63, 3.8) is 0 Å². The number of hydrogen-bond donors (Lipinski definition) is 2. The van der Waals surface area contributed by atoms with Crippen LogP contribution in [0.3, 0.4) is 0 Å². The van der Waals surface area contributed by atoms with E-state index in [2.05, 4.69) is 38.8 Å². The Balaban J connectivity index is 1.58. The Bertz CT molecular complexity index is 1650. The molecular weight excluding hydrogens is 621 g/mol. The standard InChI is InChI=1S/C40H50NO6P/c1-7-31(8-2)26-45-40(43)38(25-32-15-11-9-12-16-32)41-48(44,47-34-17-13-10-14-18-34)27-46-35-21-29(5)37(30(6)22-35)24-33-19-20-39(42)36(23-33)28(3)4/h9-23,28,31,38,42H,7-8,24-27H2,1-6H3,(H,41,44)/t38-,48+/m0/s1. The third-order valence-corrected chi connectivity index (χ3v) is 10.4. The van der Waals surface area contributed by atoms with Crippen LogP contribution in [-0.4, -0.2) is 30.1 Å². The number of hydrogen-bond acceptors (Lipinski definition) is 6. The molecule has 2 N–H and O–H groups in total. The van der Waals surface area contributed by atoms with Gasteiger partial charge in [-0.25, -0.2) is 5.09 Å². The number of esters is 1. The summed E-state index contributed by atoms with van der Waals surface area (Å²) >= 11 is 0. The Morgan fingerprint density at radius 3 is 2.06 bits per heavy atom. The molecule has 4 rings (SSSR count). The molecule has 4 aromatic rings. The topological polar surface area (TPSA) is 94.1 Å². The molecule has 7 nitrogen and oxygen atoms in total. The van der Waals surface area contributed by atoms with E-state index in [1.807, 2.05) is 68.4 Å². The van der Waals surface area contributed by atoms with E-state index in [1.165, 1.54) is 0 Å². The van der Waals surface area contributed by atoms with Crippen molar-refractivity contribution in [3.8, 4) is 17.2 Å². The van der Waals surface area contributed by atoms with Crippen LogP contribution < -0.4 is 14.3 Å². The molecule has 0 aliphatic rings. The van der Waals surface area contributed by atoms with Crippen LogP contribution in [0.2, 0.25) is 0 Å². The highest BCUT2D eigenvalue weighted by Gasteiger charge is 2.34. The molecule has 0 amide bonds. The number of aryl methyl sites for hydroxylation is 2. The second kappa shape index (κ2) is 17.4. The Morgan fingerprint density at radius 2 is 1.46 bits per heavy atom. The fourth-order valence-electron chi connectivity index (χ4n) is 5.69. The number of carbonyl (C=O) groups excluding carboxylic acids is 1. The van der Waals surface area contributed by atoms with Gasteiger partial charge in [0.2, 0.25) is 0 Å². The molecule has 0 aliphatic heterocycles. The number of benzene rings is 4. The molecule has 0 aromatic heterocycles. The zero-order valence-corrected chi connectivity index (χ0v) is 30.0. The van der Waals surface area contributed by atoms with E-state index in [-0.39, 0.29) is 24.6 Å². The number of nitrogens with one attached hydrogen (secondary N) is 1. The molecule has 0 saturated heterocycles. The molecule has 0 aliphatic carbocycles. The first-order chi connectivity index (χ1) is 23.0. The van der Waals surface area contributed by atoms with Crippen LogP contribution in [0.4, 0.5) is 0 Å². The molecule has 256 valence electrons. The zero-order chi connectivity index (χ0) is 34.7. The van der Waals surface area contributed by atoms with Crippen molar-refractivity contribution >= 4 is 13.5 Å². The van der Waals surface area contributed by atoms with Gasteiger partial charge < -0.3 is 19.1 Å². The fourth-order valence-corrected chi connectivity index (χ4v) is 7.32. The Labute approximate surface area is 286 Å². The minimum Gasteiger partial charge on any atom is -0.508 e. The van der Waals surface area contributed by atoms with Crippen LogP contribution in [0.15, 0.2) is 91.0 Å². The number of phenolic OH excluding ortho intramolecular Hbond substituents is 1. The summed E-state index contributed by atoms with van der Waals surface area (Å²) in [4.78, 5) is 13.5. The average Bonchev–Trinajstić information content (AvgIpc) is 3.07. The van der Waals surface area contributed by atoms with E-state index in [1.54, 1.807) is 30.3 Å². The molecule has 0 heterocycles. The second-order valence-electron chi connectivity index (χ2n) is 12.8. The summed E-state index contributed by atoms with van der Waals surface area (Å²) in [5, 5.41) is 13.3. The van der Waals surface area contributed by atoms with Gasteiger partial charge in [0.05, 0.1) is 6.61 Å². The first kappa shape index (κ1) is 36.8. The number of rotatable bonds is 17. The molecule has 0 fully saturated rings. The maximum atomic E-state index is 14.6. The SMILES string of the molecule is CCC(CC)COC(=O)[C@H](Cc1ccccc1)N[P@@](=O)(COc1cc(C)c(Cc2ccc(O)c(C(C)C)c2)c(C)c1)Oc1ccccc1. The molecule has 4 aromatic carbocycles. The number of para-hydroxylation sites is 1. The highest BCUT2D eigenvalue weighted by atomic mass is 31.2. The lowest BCUT2D eigenvalue weighted by atomic mass is 9.93. The summed E-state index contributed by atoms with van der Waals surface area (Å²) < 4.78 is 32.7. The molecule has 8 heteroatoms. The van der Waals surface area contributed by atoms with Gasteiger partial charge in [-0.1, -0.05) is 101 Å². The van der Waals surface area contributed by atoms with Gasteiger partial charge in [0, 0.05) is 0 Å². The number of phenols is 1. The quantitative estimate of drug-likeness (QED) is 0.0853. The summed E-state index contributed by atoms with van der Waals surface area (Å²) in [6.07, 6.45) is 2.47. The van der Waals surface area contributed by atoms with E-state index in [4.69, 9.17) is 14.0 Å². The third kappa shape index (κ3) is 10.5. The molecule has 0 spiro atoms. The fraction of sp³-hybridized carbons (Fsp3) is 0.375. The van der Waals surface area contributed by atoms with E-state index in [9.17, 15) is 14.5 Å². The smallest absolute Gasteiger partial charge is 0.354 e. The van der Waals surface area contributed by atoms with Crippen molar-refractivity contribution in [2.24, 2.45) is 5.92 Å². The highest BCUT2D eigenvalue weighted by Crippen LogP contribution is 2.44. The zero-order valence-electron chi connectivity index (χ0n) is 29.1. The highest BCUT2D eigenvalue weighted by molar-refractivity contribution is 7.57. The summed E-state index contributed by atoms with van der Waals surface area (Å²) in [5.41, 5.74) is 6.16. The van der Waals surface area contributed by atoms with Crippen LogP contribution in [0.1, 0.15) is 79.8 Å². The van der Waals surface area contributed by atoms with E-state index in [0.717, 1.165) is 46.2 Å². The third-order valence-electron chi connectivity index (χ3n) is 8.70. The summed E-state index contributed by atoms with van der Waals surface area (Å²) in [6, 6.07) is 27.2. The van der Waals surface area contributed by atoms with Gasteiger partial charge >= 0.3 is 13.5 Å². The lowest BCUT2D eigenvalue weighted by Gasteiger charge is -2.26. The normalized spacial score (nSPS) is 13.2. The van der Waals surface area contributed by atoms with E-state index in [0.29, 0.717) is 30.3 Å². The number of carbonyl (C=O) groups is 1. The van der Waals surface area contributed by atoms with Gasteiger partial charge in [-0.3, -0.25) is 9.36 Å². The molecule has 0 radical (unpaired) electrons. The van der Waals surface area contributed by atoms with Gasteiger partial charge in [0.1, 0.15) is 23.3 Å². The van der Waals surface area contributed by atoms with Gasteiger partial charge in [-0.2, -0.15) is 0 Å². The minimum absolute atomic E-state index is 0.212. The van der Waals surface area contributed by atoms with Crippen molar-refractivity contribution in [1.29, 1.82) is 0 Å². The maximum Gasteiger partial charge on any atom is 0.354 e. The van der Waals surface area contributed by atoms with Crippen LogP contribution in [0, 0.1) is 19.8 Å². The van der Waals surface area contributed by atoms with Gasteiger partial charge in [0.15, 0.2) is 6.35 Å². The van der Waals surface area contributed by atoms with Crippen LogP contribution >= 0.6 is 7.52 Å². The summed E-state index contributed by atoms with van der Waals surface area (Å²) in [7, 11) is -3.83. The van der Waals surface area contributed by atoms with Crippen LogP contribution in [0.5, 0.6) is 17.2 Å². The van der Waals surface area contributed by atoms with Crippen molar-refractivity contribution in [2.45, 2.75) is 79.2 Å². The van der Waals surface area contributed by atoms with Crippen molar-refractivity contribution in [2.75, 3.05) is 13.0 Å². The lowest BCUT2D eigenvalue weighted by Crippen LogP contribution is -2.40. The Kier molecular flexibility index (Phi) is 13.3. The predicted octanol–water partition coefficient (Wildman–Crippen LogP) is 9.51. The lowest BCUT2D eigenvalue weighted by molar-refractivity contribution is -0.147. The molecular formula is C40H50NO6P.